The van der Waals surface area contributed by atoms with Crippen LogP contribution in [0, 0.1) is 12.3 Å². The van der Waals surface area contributed by atoms with Crippen molar-refractivity contribution in [3.05, 3.63) is 36.2 Å². The molecule has 1 aromatic rings. The highest BCUT2D eigenvalue weighted by Gasteiger charge is 2.25. The molecule has 1 aromatic carbocycles. The third-order valence-electron chi connectivity index (χ3n) is 3.56. The van der Waals surface area contributed by atoms with Crippen molar-refractivity contribution < 1.29 is 0 Å². The van der Waals surface area contributed by atoms with Crippen LogP contribution < -0.4 is 16.0 Å². The van der Waals surface area contributed by atoms with Gasteiger partial charge in [-0.3, -0.25) is 0 Å². The van der Waals surface area contributed by atoms with Crippen LogP contribution in [-0.4, -0.2) is 33.7 Å². The lowest BCUT2D eigenvalue weighted by Gasteiger charge is -2.31. The predicted molar refractivity (Wildman–Crippen MR) is 73.2 cm³/mol. The number of hydrogen-bond acceptors (Lipinski definition) is 3. The van der Waals surface area contributed by atoms with E-state index >= 15 is 0 Å². The fourth-order valence-corrected chi connectivity index (χ4v) is 2.43. The first-order valence-electron chi connectivity index (χ1n) is 6.23. The summed E-state index contributed by atoms with van der Waals surface area (Å²) in [5, 5.41) is 3.41. The van der Waals surface area contributed by atoms with Crippen LogP contribution >= 0.6 is 0 Å². The molecular weight excluding hydrogens is 210 g/mol. The van der Waals surface area contributed by atoms with Crippen molar-refractivity contribution in [1.29, 1.82) is 0 Å². The second-order valence-corrected chi connectivity index (χ2v) is 4.89. The molecule has 3 nitrogen and oxygen atoms in total. The normalized spacial score (nSPS) is 24.6. The van der Waals surface area contributed by atoms with E-state index in [1.807, 2.05) is 0 Å². The summed E-state index contributed by atoms with van der Waals surface area (Å²) >= 11 is 0. The highest BCUT2D eigenvalue weighted by molar-refractivity contribution is 5.46. The zero-order chi connectivity index (χ0) is 12.3. The Labute approximate surface area is 104 Å². The standard InChI is InChI=1S/C14H22N3/c1-17(2)13-5-3-11(4-6-13)14-10-16-8-7-12(14)9-15/h3-7,12,14,16H,8-10,15H2,1-2H3. The first kappa shape index (κ1) is 12.4. The second-order valence-electron chi connectivity index (χ2n) is 4.89. The molecule has 1 heterocycles. The summed E-state index contributed by atoms with van der Waals surface area (Å²) in [4.78, 5) is 2.12. The molecule has 0 amide bonds. The molecule has 2 unspecified atom stereocenters. The summed E-state index contributed by atoms with van der Waals surface area (Å²) in [5.41, 5.74) is 8.47. The zero-order valence-electron chi connectivity index (χ0n) is 10.7. The molecule has 1 fully saturated rings. The Morgan fingerprint density at radius 1 is 1.29 bits per heavy atom. The molecule has 0 aromatic heterocycles. The van der Waals surface area contributed by atoms with E-state index in [2.05, 4.69) is 55.0 Å². The molecule has 93 valence electrons. The van der Waals surface area contributed by atoms with Gasteiger partial charge in [0.25, 0.3) is 0 Å². The molecular formula is C14H22N3. The van der Waals surface area contributed by atoms with Crippen LogP contribution in [0.15, 0.2) is 24.3 Å². The minimum absolute atomic E-state index is 0.501. The molecule has 3 N–H and O–H groups in total. The SMILES string of the molecule is CN(C)c1ccc(C2CNC[CH]C2CN)cc1. The lowest BCUT2D eigenvalue weighted by Crippen LogP contribution is -2.38. The smallest absolute Gasteiger partial charge is 0.0361 e. The van der Waals surface area contributed by atoms with Gasteiger partial charge in [-0.1, -0.05) is 12.1 Å². The predicted octanol–water partition coefficient (Wildman–Crippen LogP) is 1.22. The third-order valence-corrected chi connectivity index (χ3v) is 3.56. The van der Waals surface area contributed by atoms with Gasteiger partial charge in [0.05, 0.1) is 0 Å². The van der Waals surface area contributed by atoms with Crippen LogP contribution in [0.1, 0.15) is 11.5 Å². The van der Waals surface area contributed by atoms with E-state index in [4.69, 9.17) is 5.73 Å². The van der Waals surface area contributed by atoms with Gasteiger partial charge in [-0.15, -0.1) is 0 Å². The molecule has 0 aliphatic carbocycles. The molecule has 1 saturated heterocycles. The summed E-state index contributed by atoms with van der Waals surface area (Å²) in [7, 11) is 4.13. The van der Waals surface area contributed by atoms with Crippen LogP contribution in [0.5, 0.6) is 0 Å². The summed E-state index contributed by atoms with van der Waals surface area (Å²) in [6.07, 6.45) is 2.30. The van der Waals surface area contributed by atoms with Gasteiger partial charge < -0.3 is 16.0 Å². The Hall–Kier alpha value is -1.06. The van der Waals surface area contributed by atoms with Crippen molar-refractivity contribution in [3.63, 3.8) is 0 Å². The maximum atomic E-state index is 5.84. The summed E-state index contributed by atoms with van der Waals surface area (Å²) in [5.74, 6) is 1.02. The molecule has 3 heteroatoms. The van der Waals surface area contributed by atoms with Crippen LogP contribution in [0.4, 0.5) is 5.69 Å². The van der Waals surface area contributed by atoms with Crippen molar-refractivity contribution in [2.75, 3.05) is 38.6 Å². The van der Waals surface area contributed by atoms with Gasteiger partial charge in [-0.25, -0.2) is 0 Å². The lowest BCUT2D eigenvalue weighted by atomic mass is 9.81. The van der Waals surface area contributed by atoms with Gasteiger partial charge in [0.15, 0.2) is 0 Å². The van der Waals surface area contributed by atoms with Gasteiger partial charge in [-0.05, 0) is 43.1 Å². The number of hydrogen-bond donors (Lipinski definition) is 2. The first-order valence-corrected chi connectivity index (χ1v) is 6.23. The molecule has 1 radical (unpaired) electrons. The van der Waals surface area contributed by atoms with E-state index in [-0.39, 0.29) is 0 Å². The van der Waals surface area contributed by atoms with E-state index in [0.29, 0.717) is 11.8 Å². The van der Waals surface area contributed by atoms with Gasteiger partial charge in [0.1, 0.15) is 0 Å². The summed E-state index contributed by atoms with van der Waals surface area (Å²) in [6.45, 7) is 2.75. The monoisotopic (exact) mass is 232 g/mol. The molecule has 2 rings (SSSR count). The fraction of sp³-hybridized carbons (Fsp3) is 0.500. The number of nitrogens with zero attached hydrogens (tertiary/aromatic N) is 1. The maximum Gasteiger partial charge on any atom is 0.0361 e. The summed E-state index contributed by atoms with van der Waals surface area (Å²) in [6, 6.07) is 8.81. The van der Waals surface area contributed by atoms with Crippen molar-refractivity contribution in [2.45, 2.75) is 5.92 Å². The Morgan fingerprint density at radius 2 is 2.00 bits per heavy atom. The number of piperidine rings is 1. The molecule has 1 aliphatic rings. The van der Waals surface area contributed by atoms with Crippen LogP contribution in [0.25, 0.3) is 0 Å². The fourth-order valence-electron chi connectivity index (χ4n) is 2.43. The third kappa shape index (κ3) is 2.79. The Bertz CT molecular complexity index is 345. The average molecular weight is 232 g/mol. The Morgan fingerprint density at radius 3 is 2.59 bits per heavy atom. The molecule has 0 saturated carbocycles. The lowest BCUT2D eigenvalue weighted by molar-refractivity contribution is 0.405. The van der Waals surface area contributed by atoms with Gasteiger partial charge in [0.2, 0.25) is 0 Å². The van der Waals surface area contributed by atoms with Crippen LogP contribution in [0.2, 0.25) is 0 Å². The van der Waals surface area contributed by atoms with Crippen LogP contribution in [0.3, 0.4) is 0 Å². The number of nitrogens with two attached hydrogens (primary N) is 1. The quantitative estimate of drug-likeness (QED) is 0.823. The summed E-state index contributed by atoms with van der Waals surface area (Å²) < 4.78 is 0. The van der Waals surface area contributed by atoms with Crippen molar-refractivity contribution >= 4 is 5.69 Å². The molecule has 1 aliphatic heterocycles. The highest BCUT2D eigenvalue weighted by Crippen LogP contribution is 2.29. The van der Waals surface area contributed by atoms with Gasteiger partial charge >= 0.3 is 0 Å². The van der Waals surface area contributed by atoms with Gasteiger partial charge in [-0.2, -0.15) is 0 Å². The number of anilines is 1. The molecule has 0 bridgehead atoms. The number of benzene rings is 1. The van der Waals surface area contributed by atoms with Crippen molar-refractivity contribution in [1.82, 2.24) is 5.32 Å². The Balaban J connectivity index is 2.15. The molecule has 0 spiro atoms. The molecule has 2 atom stereocenters. The van der Waals surface area contributed by atoms with E-state index in [9.17, 15) is 0 Å². The van der Waals surface area contributed by atoms with E-state index < -0.39 is 0 Å². The minimum atomic E-state index is 0.501. The van der Waals surface area contributed by atoms with E-state index in [0.717, 1.165) is 19.6 Å². The topological polar surface area (TPSA) is 41.3 Å². The number of nitrogens with one attached hydrogen (secondary N) is 1. The minimum Gasteiger partial charge on any atom is -0.378 e. The van der Waals surface area contributed by atoms with Crippen LogP contribution in [-0.2, 0) is 0 Å². The van der Waals surface area contributed by atoms with Crippen molar-refractivity contribution in [3.8, 4) is 0 Å². The zero-order valence-corrected chi connectivity index (χ0v) is 10.7. The maximum absolute atomic E-state index is 5.84. The van der Waals surface area contributed by atoms with Crippen molar-refractivity contribution in [2.24, 2.45) is 11.7 Å². The largest absolute Gasteiger partial charge is 0.378 e. The first-order chi connectivity index (χ1) is 8.22. The Kier molecular flexibility index (Phi) is 4.02. The van der Waals surface area contributed by atoms with E-state index in [1.54, 1.807) is 0 Å². The average Bonchev–Trinajstić information content (AvgIpc) is 2.39. The van der Waals surface area contributed by atoms with E-state index in [1.165, 1.54) is 11.3 Å². The van der Waals surface area contributed by atoms with Gasteiger partial charge in [0, 0.05) is 32.2 Å². The number of rotatable bonds is 3. The second kappa shape index (κ2) is 5.52. The molecule has 17 heavy (non-hydrogen) atoms. The highest BCUT2D eigenvalue weighted by atomic mass is 15.1.